The monoisotopic (exact) mass is 455 g/mol. The summed E-state index contributed by atoms with van der Waals surface area (Å²) in [6, 6.07) is 13.7. The van der Waals surface area contributed by atoms with Crippen molar-refractivity contribution >= 4 is 23.4 Å². The highest BCUT2D eigenvalue weighted by Gasteiger charge is 2.25. The second-order valence-electron chi connectivity index (χ2n) is 8.67. The summed E-state index contributed by atoms with van der Waals surface area (Å²) >= 11 is 0. The summed E-state index contributed by atoms with van der Waals surface area (Å²) < 4.78 is 0. The van der Waals surface area contributed by atoms with Crippen LogP contribution in [0.2, 0.25) is 0 Å². The van der Waals surface area contributed by atoms with E-state index in [0.717, 1.165) is 30.2 Å². The van der Waals surface area contributed by atoms with Gasteiger partial charge in [-0.2, -0.15) is 5.26 Å². The van der Waals surface area contributed by atoms with Gasteiger partial charge in [0.2, 0.25) is 0 Å². The van der Waals surface area contributed by atoms with Crippen LogP contribution in [0.4, 0.5) is 17.5 Å². The summed E-state index contributed by atoms with van der Waals surface area (Å²) in [4.78, 5) is 28.8. The zero-order valence-corrected chi connectivity index (χ0v) is 18.7. The van der Waals surface area contributed by atoms with Crippen LogP contribution in [-0.4, -0.2) is 63.7 Å². The van der Waals surface area contributed by atoms with Crippen LogP contribution >= 0.6 is 0 Å². The SMILES string of the molecule is N#Cc1ccnc(Nc2cc(C3CC3)cc(-c3ccc(N4CCN(CC(=O)O)CC4)nc3)n2)c1. The normalized spacial score (nSPS) is 16.1. The molecule has 5 rings (SSSR count). The topological polar surface area (TPSA) is 118 Å². The Labute approximate surface area is 197 Å². The van der Waals surface area contributed by atoms with Crippen LogP contribution < -0.4 is 10.2 Å². The minimum absolute atomic E-state index is 0.0793. The average molecular weight is 456 g/mol. The van der Waals surface area contributed by atoms with Crippen molar-refractivity contribution in [2.75, 3.05) is 42.9 Å². The molecular formula is C25H25N7O2. The first-order valence-corrected chi connectivity index (χ1v) is 11.4. The molecule has 1 saturated carbocycles. The number of anilines is 3. The van der Waals surface area contributed by atoms with Crippen LogP contribution in [0, 0.1) is 11.3 Å². The zero-order valence-electron chi connectivity index (χ0n) is 18.7. The fraction of sp³-hybridized carbons (Fsp3) is 0.320. The van der Waals surface area contributed by atoms with Crippen molar-refractivity contribution in [3.05, 3.63) is 59.9 Å². The number of hydrogen-bond donors (Lipinski definition) is 2. The second-order valence-corrected chi connectivity index (χ2v) is 8.67. The third-order valence-electron chi connectivity index (χ3n) is 6.14. The third kappa shape index (κ3) is 5.13. The first-order chi connectivity index (χ1) is 16.6. The van der Waals surface area contributed by atoms with E-state index in [4.69, 9.17) is 15.4 Å². The van der Waals surface area contributed by atoms with Gasteiger partial charge in [0, 0.05) is 44.1 Å². The smallest absolute Gasteiger partial charge is 0.317 e. The number of hydrogen-bond acceptors (Lipinski definition) is 8. The number of aromatic nitrogens is 3. The van der Waals surface area contributed by atoms with E-state index < -0.39 is 5.97 Å². The fourth-order valence-electron chi connectivity index (χ4n) is 4.17. The Morgan fingerprint density at radius 2 is 1.91 bits per heavy atom. The zero-order chi connectivity index (χ0) is 23.5. The number of rotatable bonds is 7. The molecule has 2 N–H and O–H groups in total. The Balaban J connectivity index is 1.34. The molecule has 0 amide bonds. The van der Waals surface area contributed by atoms with E-state index in [0.29, 0.717) is 36.2 Å². The molecule has 0 aromatic carbocycles. The van der Waals surface area contributed by atoms with Gasteiger partial charge in [0.15, 0.2) is 0 Å². The van der Waals surface area contributed by atoms with Crippen molar-refractivity contribution in [3.63, 3.8) is 0 Å². The number of carbonyl (C=O) groups is 1. The number of aliphatic carboxylic acids is 1. The van der Waals surface area contributed by atoms with Gasteiger partial charge in [-0.25, -0.2) is 15.0 Å². The fourth-order valence-corrected chi connectivity index (χ4v) is 4.17. The molecule has 0 spiro atoms. The summed E-state index contributed by atoms with van der Waals surface area (Å²) in [6.45, 7) is 2.99. The van der Waals surface area contributed by atoms with Crippen LogP contribution in [0.3, 0.4) is 0 Å². The number of carboxylic acid groups (broad SMARTS) is 1. The van der Waals surface area contributed by atoms with E-state index in [2.05, 4.69) is 38.4 Å². The first kappa shape index (κ1) is 21.8. The van der Waals surface area contributed by atoms with Crippen LogP contribution in [0.15, 0.2) is 48.8 Å². The van der Waals surface area contributed by atoms with E-state index in [-0.39, 0.29) is 6.54 Å². The molecule has 2 fully saturated rings. The Morgan fingerprint density at radius 1 is 1.09 bits per heavy atom. The third-order valence-corrected chi connectivity index (χ3v) is 6.14. The largest absolute Gasteiger partial charge is 0.480 e. The molecule has 4 heterocycles. The van der Waals surface area contributed by atoms with Crippen molar-refractivity contribution in [2.45, 2.75) is 18.8 Å². The maximum absolute atomic E-state index is 10.9. The molecule has 3 aromatic heterocycles. The van der Waals surface area contributed by atoms with Crippen LogP contribution in [-0.2, 0) is 4.79 Å². The summed E-state index contributed by atoms with van der Waals surface area (Å²) in [6.07, 6.45) is 5.80. The highest BCUT2D eigenvalue weighted by atomic mass is 16.4. The summed E-state index contributed by atoms with van der Waals surface area (Å²) in [5, 5.41) is 21.4. The molecule has 0 radical (unpaired) electrons. The number of nitriles is 1. The first-order valence-electron chi connectivity index (χ1n) is 11.4. The highest BCUT2D eigenvalue weighted by Crippen LogP contribution is 2.42. The van der Waals surface area contributed by atoms with Gasteiger partial charge in [-0.05, 0) is 60.7 Å². The van der Waals surface area contributed by atoms with Crippen molar-refractivity contribution in [1.82, 2.24) is 19.9 Å². The number of nitrogens with one attached hydrogen (secondary N) is 1. The van der Waals surface area contributed by atoms with Gasteiger partial charge in [0.25, 0.3) is 0 Å². The Morgan fingerprint density at radius 3 is 2.59 bits per heavy atom. The Bertz CT molecular complexity index is 1230. The molecule has 0 bridgehead atoms. The quantitative estimate of drug-likeness (QED) is 0.553. The van der Waals surface area contributed by atoms with Gasteiger partial charge in [-0.3, -0.25) is 9.69 Å². The molecule has 2 aliphatic rings. The van der Waals surface area contributed by atoms with Gasteiger partial charge in [0.1, 0.15) is 17.5 Å². The molecule has 1 saturated heterocycles. The molecule has 9 heteroatoms. The van der Waals surface area contributed by atoms with Crippen molar-refractivity contribution in [3.8, 4) is 17.3 Å². The predicted octanol–water partition coefficient (Wildman–Crippen LogP) is 3.24. The predicted molar refractivity (Wildman–Crippen MR) is 128 cm³/mol. The van der Waals surface area contributed by atoms with Gasteiger partial charge in [-0.15, -0.1) is 0 Å². The standard InChI is InChI=1S/C25H25N7O2/c26-14-17-5-6-27-22(11-17)30-23-13-20(18-1-2-18)12-21(29-23)19-3-4-24(28-15-19)32-9-7-31(8-10-32)16-25(33)34/h3-6,11-13,15,18H,1-2,7-10,16H2,(H,33,34)(H,27,29,30). The maximum Gasteiger partial charge on any atom is 0.317 e. The lowest BCUT2D eigenvalue weighted by Gasteiger charge is -2.34. The van der Waals surface area contributed by atoms with E-state index in [1.165, 1.54) is 18.4 Å². The minimum atomic E-state index is -0.792. The summed E-state index contributed by atoms with van der Waals surface area (Å²) in [7, 11) is 0. The van der Waals surface area contributed by atoms with Crippen LogP contribution in [0.25, 0.3) is 11.3 Å². The van der Waals surface area contributed by atoms with E-state index in [1.54, 1.807) is 18.3 Å². The molecule has 1 aliphatic carbocycles. The Kier molecular flexibility index (Phi) is 6.06. The van der Waals surface area contributed by atoms with Crippen molar-refractivity contribution in [1.29, 1.82) is 5.26 Å². The lowest BCUT2D eigenvalue weighted by atomic mass is 10.1. The Hall–Kier alpha value is -4.03. The van der Waals surface area contributed by atoms with Gasteiger partial charge in [0.05, 0.1) is 23.9 Å². The highest BCUT2D eigenvalue weighted by molar-refractivity contribution is 5.69. The van der Waals surface area contributed by atoms with Crippen molar-refractivity contribution in [2.24, 2.45) is 0 Å². The molecule has 34 heavy (non-hydrogen) atoms. The number of carboxylic acids is 1. The molecule has 0 unspecified atom stereocenters. The van der Waals surface area contributed by atoms with Crippen LogP contribution in [0.1, 0.15) is 29.9 Å². The van der Waals surface area contributed by atoms with E-state index in [9.17, 15) is 4.79 Å². The summed E-state index contributed by atoms with van der Waals surface area (Å²) in [5.41, 5.74) is 3.55. The minimum Gasteiger partial charge on any atom is -0.480 e. The molecule has 3 aromatic rings. The molecule has 172 valence electrons. The van der Waals surface area contributed by atoms with Crippen LogP contribution in [0.5, 0.6) is 0 Å². The maximum atomic E-state index is 10.9. The van der Waals surface area contributed by atoms with Gasteiger partial charge in [-0.1, -0.05) is 0 Å². The number of pyridine rings is 3. The van der Waals surface area contributed by atoms with E-state index >= 15 is 0 Å². The molecule has 0 atom stereocenters. The van der Waals surface area contributed by atoms with Gasteiger partial charge < -0.3 is 15.3 Å². The number of nitrogens with zero attached hydrogens (tertiary/aromatic N) is 6. The molecule has 9 nitrogen and oxygen atoms in total. The summed E-state index contributed by atoms with van der Waals surface area (Å²) in [5.74, 6) is 1.92. The number of piperazine rings is 1. The van der Waals surface area contributed by atoms with Crippen molar-refractivity contribution < 1.29 is 9.90 Å². The second kappa shape index (κ2) is 9.45. The van der Waals surface area contributed by atoms with E-state index in [1.807, 2.05) is 23.2 Å². The average Bonchev–Trinajstić information content (AvgIpc) is 3.70. The lowest BCUT2D eigenvalue weighted by molar-refractivity contribution is -0.138. The lowest BCUT2D eigenvalue weighted by Crippen LogP contribution is -2.48. The molecule has 1 aliphatic heterocycles. The molecular weight excluding hydrogens is 430 g/mol. The van der Waals surface area contributed by atoms with Gasteiger partial charge >= 0.3 is 5.97 Å².